The van der Waals surface area contributed by atoms with Gasteiger partial charge in [-0.1, -0.05) is 0 Å². The molecule has 0 saturated carbocycles. The number of hydrogen-bond donors (Lipinski definition) is 1. The second-order valence-electron chi connectivity index (χ2n) is 6.49. The topological polar surface area (TPSA) is 68.2 Å². The lowest BCUT2D eigenvalue weighted by Crippen LogP contribution is -2.44. The van der Waals surface area contributed by atoms with Crippen LogP contribution in [0.1, 0.15) is 31.2 Å². The van der Waals surface area contributed by atoms with E-state index in [1.165, 1.54) is 5.56 Å². The van der Waals surface area contributed by atoms with Crippen molar-refractivity contribution in [2.24, 2.45) is 5.92 Å². The highest BCUT2D eigenvalue weighted by molar-refractivity contribution is 7.08. The molecule has 0 radical (unpaired) electrons. The largest absolute Gasteiger partial charge is 0.459 e. The summed E-state index contributed by atoms with van der Waals surface area (Å²) in [6.07, 6.45) is 2.91. The monoisotopic (exact) mass is 381 g/mol. The fourth-order valence-corrected chi connectivity index (χ4v) is 4.23. The smallest absolute Gasteiger partial charge is 0.288 e. The minimum Gasteiger partial charge on any atom is -0.459 e. The Bertz CT molecular complexity index is 597. The van der Waals surface area contributed by atoms with E-state index >= 15 is 0 Å². The van der Waals surface area contributed by atoms with Crippen LogP contribution in [0.15, 0.2) is 28.7 Å². The molecule has 0 spiro atoms. The minimum absolute atomic E-state index is 0.0399. The molecular formula is C19H27NO5S. The van der Waals surface area contributed by atoms with Crippen molar-refractivity contribution in [3.05, 3.63) is 34.2 Å². The second kappa shape index (κ2) is 9.50. The average molecular weight is 381 g/mol. The van der Waals surface area contributed by atoms with Gasteiger partial charge in [0.2, 0.25) is 6.29 Å². The summed E-state index contributed by atoms with van der Waals surface area (Å²) in [5.74, 6) is 0.372. The van der Waals surface area contributed by atoms with Crippen LogP contribution in [0.2, 0.25) is 0 Å². The Balaban J connectivity index is 1.87. The molecule has 1 aromatic rings. The Kier molecular flexibility index (Phi) is 7.07. The maximum absolute atomic E-state index is 12.9. The summed E-state index contributed by atoms with van der Waals surface area (Å²) in [7, 11) is 0. The van der Waals surface area contributed by atoms with E-state index in [4.69, 9.17) is 14.2 Å². The van der Waals surface area contributed by atoms with E-state index in [0.717, 1.165) is 6.42 Å². The van der Waals surface area contributed by atoms with Crippen LogP contribution in [0.5, 0.6) is 0 Å². The molecule has 0 aromatic carbocycles. The van der Waals surface area contributed by atoms with Gasteiger partial charge in [0, 0.05) is 38.1 Å². The molecule has 1 saturated heterocycles. The molecule has 3 rings (SSSR count). The molecule has 3 unspecified atom stereocenters. The van der Waals surface area contributed by atoms with Gasteiger partial charge in [0.1, 0.15) is 0 Å². The SMILES string of the molecule is CCOC1OC(C(=O)N2CCOCC2)=CC(c2ccsc2)C1CCCO. The number of allylic oxidation sites excluding steroid dienone is 1. The normalized spacial score (nSPS) is 26.3. The first kappa shape index (κ1) is 19.4. The van der Waals surface area contributed by atoms with E-state index in [9.17, 15) is 9.90 Å². The van der Waals surface area contributed by atoms with Gasteiger partial charge in [-0.15, -0.1) is 0 Å². The maximum atomic E-state index is 12.9. The van der Waals surface area contributed by atoms with Crippen LogP contribution in [-0.2, 0) is 19.0 Å². The van der Waals surface area contributed by atoms with Crippen LogP contribution in [0.3, 0.4) is 0 Å². The Morgan fingerprint density at radius 2 is 2.23 bits per heavy atom. The van der Waals surface area contributed by atoms with Gasteiger partial charge in [-0.2, -0.15) is 11.3 Å². The summed E-state index contributed by atoms with van der Waals surface area (Å²) in [5.41, 5.74) is 1.17. The number of carbonyl (C=O) groups excluding carboxylic acids is 1. The first-order valence-electron chi connectivity index (χ1n) is 9.24. The van der Waals surface area contributed by atoms with Crippen molar-refractivity contribution < 1.29 is 24.1 Å². The van der Waals surface area contributed by atoms with Crippen molar-refractivity contribution in [1.29, 1.82) is 0 Å². The average Bonchev–Trinajstić information content (AvgIpc) is 3.21. The molecule has 1 aromatic heterocycles. The highest BCUT2D eigenvalue weighted by Crippen LogP contribution is 2.40. The first-order chi connectivity index (χ1) is 12.7. The lowest BCUT2D eigenvalue weighted by molar-refractivity contribution is -0.171. The van der Waals surface area contributed by atoms with Gasteiger partial charge in [-0.3, -0.25) is 4.79 Å². The molecule has 0 aliphatic carbocycles. The highest BCUT2D eigenvalue weighted by Gasteiger charge is 2.39. The Morgan fingerprint density at radius 3 is 2.88 bits per heavy atom. The van der Waals surface area contributed by atoms with E-state index in [1.807, 2.05) is 18.4 Å². The summed E-state index contributed by atoms with van der Waals surface area (Å²) >= 11 is 1.64. The van der Waals surface area contributed by atoms with Crippen molar-refractivity contribution in [3.8, 4) is 0 Å². The predicted molar refractivity (Wildman–Crippen MR) is 98.9 cm³/mol. The molecular weight excluding hydrogens is 354 g/mol. The third-order valence-corrected chi connectivity index (χ3v) is 5.55. The zero-order chi connectivity index (χ0) is 18.4. The van der Waals surface area contributed by atoms with Gasteiger partial charge in [0.15, 0.2) is 5.76 Å². The van der Waals surface area contributed by atoms with E-state index in [0.29, 0.717) is 45.1 Å². The molecule has 7 heteroatoms. The lowest BCUT2D eigenvalue weighted by atomic mass is 9.81. The fourth-order valence-electron chi connectivity index (χ4n) is 3.52. The van der Waals surface area contributed by atoms with Crippen molar-refractivity contribution in [1.82, 2.24) is 4.90 Å². The quantitative estimate of drug-likeness (QED) is 0.785. The number of thiophene rings is 1. The molecule has 1 N–H and O–H groups in total. The van der Waals surface area contributed by atoms with Gasteiger partial charge in [-0.05, 0) is 48.2 Å². The van der Waals surface area contributed by atoms with Crippen molar-refractivity contribution in [2.75, 3.05) is 39.5 Å². The third kappa shape index (κ3) is 4.46. The standard InChI is InChI=1S/C19H27NO5S/c1-2-24-19-15(4-3-8-21)16(14-5-11-26-13-14)12-17(25-19)18(22)20-6-9-23-10-7-20/h5,11-13,15-16,19,21H,2-4,6-10H2,1H3. The molecule has 3 atom stereocenters. The second-order valence-corrected chi connectivity index (χ2v) is 7.27. The van der Waals surface area contributed by atoms with Crippen LogP contribution in [0.4, 0.5) is 0 Å². The molecule has 1 amide bonds. The number of carbonyl (C=O) groups is 1. The lowest BCUT2D eigenvalue weighted by Gasteiger charge is -2.38. The van der Waals surface area contributed by atoms with E-state index in [1.54, 1.807) is 16.2 Å². The number of hydrogen-bond acceptors (Lipinski definition) is 6. The zero-order valence-corrected chi connectivity index (χ0v) is 16.0. The van der Waals surface area contributed by atoms with Gasteiger partial charge in [-0.25, -0.2) is 0 Å². The number of ether oxygens (including phenoxy) is 3. The van der Waals surface area contributed by atoms with Crippen molar-refractivity contribution in [3.63, 3.8) is 0 Å². The van der Waals surface area contributed by atoms with Crippen LogP contribution in [-0.4, -0.2) is 61.7 Å². The molecule has 2 aliphatic rings. The summed E-state index contributed by atoms with van der Waals surface area (Å²) in [5, 5.41) is 13.4. The Hall–Kier alpha value is -1.41. The number of aliphatic hydroxyl groups excluding tert-OH is 1. The van der Waals surface area contributed by atoms with Crippen molar-refractivity contribution >= 4 is 17.2 Å². The zero-order valence-electron chi connectivity index (χ0n) is 15.1. The first-order valence-corrected chi connectivity index (χ1v) is 10.2. The number of aliphatic hydroxyl groups is 1. The maximum Gasteiger partial charge on any atom is 0.288 e. The van der Waals surface area contributed by atoms with Gasteiger partial charge in [0.25, 0.3) is 5.91 Å². The van der Waals surface area contributed by atoms with Crippen molar-refractivity contribution in [2.45, 2.75) is 32.0 Å². The number of rotatable bonds is 7. The van der Waals surface area contributed by atoms with Gasteiger partial charge < -0.3 is 24.2 Å². The van der Waals surface area contributed by atoms with E-state index in [-0.39, 0.29) is 24.3 Å². The molecule has 2 aliphatic heterocycles. The fraction of sp³-hybridized carbons (Fsp3) is 0.632. The number of amides is 1. The summed E-state index contributed by atoms with van der Waals surface area (Å²) in [4.78, 5) is 14.7. The van der Waals surface area contributed by atoms with E-state index < -0.39 is 6.29 Å². The molecule has 144 valence electrons. The number of morpholine rings is 1. The molecule has 1 fully saturated rings. The molecule has 6 nitrogen and oxygen atoms in total. The van der Waals surface area contributed by atoms with Crippen LogP contribution in [0, 0.1) is 5.92 Å². The van der Waals surface area contributed by atoms with Crippen LogP contribution >= 0.6 is 11.3 Å². The summed E-state index contributed by atoms with van der Waals surface area (Å²) in [6.45, 7) is 4.84. The summed E-state index contributed by atoms with van der Waals surface area (Å²) in [6, 6.07) is 2.09. The van der Waals surface area contributed by atoms with Gasteiger partial charge >= 0.3 is 0 Å². The molecule has 3 heterocycles. The van der Waals surface area contributed by atoms with E-state index in [2.05, 4.69) is 11.4 Å². The summed E-state index contributed by atoms with van der Waals surface area (Å²) < 4.78 is 17.2. The molecule has 0 bridgehead atoms. The third-order valence-electron chi connectivity index (χ3n) is 4.85. The Morgan fingerprint density at radius 1 is 1.42 bits per heavy atom. The van der Waals surface area contributed by atoms with Gasteiger partial charge in [0.05, 0.1) is 13.2 Å². The predicted octanol–water partition coefficient (Wildman–Crippen LogP) is 2.36. The molecule has 26 heavy (non-hydrogen) atoms. The minimum atomic E-state index is -0.485. The number of nitrogens with zero attached hydrogens (tertiary/aromatic N) is 1. The Labute approximate surface area is 158 Å². The van der Waals surface area contributed by atoms with Crippen LogP contribution in [0.25, 0.3) is 0 Å². The highest BCUT2D eigenvalue weighted by atomic mass is 32.1. The van der Waals surface area contributed by atoms with Crippen LogP contribution < -0.4 is 0 Å².